The van der Waals surface area contributed by atoms with E-state index in [1.807, 2.05) is 42.5 Å². The summed E-state index contributed by atoms with van der Waals surface area (Å²) in [5.41, 5.74) is 9.14. The number of nitrogens with one attached hydrogen (secondary N) is 1. The number of benzene rings is 2. The number of hydrogen-bond acceptors (Lipinski definition) is 3. The number of aromatic amines is 1. The fourth-order valence-corrected chi connectivity index (χ4v) is 2.99. The molecule has 1 aromatic heterocycles. The average molecular weight is 329 g/mol. The van der Waals surface area contributed by atoms with Gasteiger partial charge < -0.3 is 15.5 Å². The number of carbonyl (C=O) groups excluding carboxylic acids is 1. The van der Waals surface area contributed by atoms with Crippen LogP contribution in [0.15, 0.2) is 48.5 Å². The molecule has 23 heavy (non-hydrogen) atoms. The van der Waals surface area contributed by atoms with Crippen LogP contribution in [0.25, 0.3) is 10.9 Å². The van der Waals surface area contributed by atoms with Crippen LogP contribution in [-0.2, 0) is 4.74 Å². The zero-order chi connectivity index (χ0) is 16.4. The Morgan fingerprint density at radius 1 is 1.22 bits per heavy atom. The van der Waals surface area contributed by atoms with Gasteiger partial charge in [0.15, 0.2) is 0 Å². The molecule has 1 heterocycles. The Bertz CT molecular complexity index is 857. The Hall–Kier alpha value is -2.30. The van der Waals surface area contributed by atoms with E-state index >= 15 is 0 Å². The smallest absolute Gasteiger partial charge is 0.355 e. The number of halogens is 1. The van der Waals surface area contributed by atoms with E-state index in [2.05, 4.69) is 4.98 Å². The molecule has 118 valence electrons. The summed E-state index contributed by atoms with van der Waals surface area (Å²) in [6.45, 7) is 2.07. The van der Waals surface area contributed by atoms with Crippen LogP contribution in [0, 0.1) is 0 Å². The van der Waals surface area contributed by atoms with E-state index in [1.165, 1.54) is 0 Å². The molecule has 0 aliphatic heterocycles. The number of nitrogens with two attached hydrogens (primary N) is 1. The lowest BCUT2D eigenvalue weighted by Crippen LogP contribution is -2.17. The van der Waals surface area contributed by atoms with Crippen LogP contribution >= 0.6 is 11.6 Å². The van der Waals surface area contributed by atoms with Crippen molar-refractivity contribution < 1.29 is 9.53 Å². The molecule has 4 nitrogen and oxygen atoms in total. The SMILES string of the molecule is CCOC(=O)c1[nH]c2ccccc2c1[C@H](N)c1ccccc1Cl. The summed E-state index contributed by atoms with van der Waals surface area (Å²) in [4.78, 5) is 15.4. The lowest BCUT2D eigenvalue weighted by Gasteiger charge is -2.15. The van der Waals surface area contributed by atoms with Gasteiger partial charge in [0.05, 0.1) is 12.6 Å². The minimum atomic E-state index is -0.528. The number of ether oxygens (including phenoxy) is 1. The molecule has 0 amide bonds. The second-order valence-corrected chi connectivity index (χ2v) is 5.59. The van der Waals surface area contributed by atoms with Crippen LogP contribution in [0.3, 0.4) is 0 Å². The third kappa shape index (κ3) is 2.83. The quantitative estimate of drug-likeness (QED) is 0.710. The molecule has 0 saturated carbocycles. The Morgan fingerprint density at radius 3 is 2.65 bits per heavy atom. The summed E-state index contributed by atoms with van der Waals surface area (Å²) in [6.07, 6.45) is 0. The molecule has 5 heteroatoms. The second-order valence-electron chi connectivity index (χ2n) is 5.18. The number of rotatable bonds is 4. The van der Waals surface area contributed by atoms with E-state index in [-0.39, 0.29) is 0 Å². The highest BCUT2D eigenvalue weighted by Gasteiger charge is 2.25. The van der Waals surface area contributed by atoms with Gasteiger partial charge in [0.2, 0.25) is 0 Å². The highest BCUT2D eigenvalue weighted by Crippen LogP contribution is 2.33. The standard InChI is InChI=1S/C18H17ClN2O2/c1-2-23-18(22)17-15(12-8-4-6-10-14(12)21-17)16(20)11-7-3-5-9-13(11)19/h3-10,16,21H,2,20H2,1H3/t16-/m1/s1. The van der Waals surface area contributed by atoms with Crippen LogP contribution in [0.5, 0.6) is 0 Å². The predicted octanol–water partition coefficient (Wildman–Crippen LogP) is 4.05. The Kier molecular flexibility index (Phi) is 4.37. The number of carbonyl (C=O) groups is 1. The van der Waals surface area contributed by atoms with Gasteiger partial charge in [-0.2, -0.15) is 0 Å². The largest absolute Gasteiger partial charge is 0.461 e. The van der Waals surface area contributed by atoms with Gasteiger partial charge in [0.1, 0.15) is 5.69 Å². The van der Waals surface area contributed by atoms with E-state index < -0.39 is 12.0 Å². The first kappa shape index (κ1) is 15.6. The summed E-state index contributed by atoms with van der Waals surface area (Å²) < 4.78 is 5.16. The highest BCUT2D eigenvalue weighted by molar-refractivity contribution is 6.31. The molecule has 0 radical (unpaired) electrons. The number of para-hydroxylation sites is 1. The van der Waals surface area contributed by atoms with Gasteiger partial charge in [-0.15, -0.1) is 0 Å². The fraction of sp³-hybridized carbons (Fsp3) is 0.167. The Morgan fingerprint density at radius 2 is 1.91 bits per heavy atom. The van der Waals surface area contributed by atoms with Gasteiger partial charge in [-0.25, -0.2) is 4.79 Å². The normalized spacial score (nSPS) is 12.3. The summed E-state index contributed by atoms with van der Waals surface area (Å²) in [7, 11) is 0. The van der Waals surface area contributed by atoms with Crippen LogP contribution in [0.4, 0.5) is 0 Å². The lowest BCUT2D eigenvalue weighted by atomic mass is 9.96. The lowest BCUT2D eigenvalue weighted by molar-refractivity contribution is 0.0519. The molecule has 0 spiro atoms. The molecule has 1 atom stereocenters. The van der Waals surface area contributed by atoms with Gasteiger partial charge in [-0.05, 0) is 24.6 Å². The maximum absolute atomic E-state index is 12.3. The molecule has 3 N–H and O–H groups in total. The average Bonchev–Trinajstić information content (AvgIpc) is 2.94. The molecular weight excluding hydrogens is 312 g/mol. The molecule has 3 aromatic rings. The van der Waals surface area contributed by atoms with E-state index in [0.29, 0.717) is 22.9 Å². The van der Waals surface area contributed by atoms with E-state index in [0.717, 1.165) is 16.5 Å². The molecule has 0 aliphatic rings. The summed E-state index contributed by atoms with van der Waals surface area (Å²) in [6, 6.07) is 14.5. The maximum atomic E-state index is 12.3. The van der Waals surface area contributed by atoms with Crippen LogP contribution in [-0.4, -0.2) is 17.6 Å². The van der Waals surface area contributed by atoms with Gasteiger partial charge in [-0.1, -0.05) is 48.0 Å². The first-order chi connectivity index (χ1) is 11.1. The Balaban J connectivity index is 2.20. The van der Waals surface area contributed by atoms with Gasteiger partial charge in [0.25, 0.3) is 0 Å². The zero-order valence-electron chi connectivity index (χ0n) is 12.7. The van der Waals surface area contributed by atoms with Gasteiger partial charge >= 0.3 is 5.97 Å². The molecule has 0 unspecified atom stereocenters. The molecule has 0 saturated heterocycles. The number of fused-ring (bicyclic) bond motifs is 1. The molecule has 3 rings (SSSR count). The monoisotopic (exact) mass is 328 g/mol. The summed E-state index contributed by atoms with van der Waals surface area (Å²) in [5.74, 6) is -0.416. The predicted molar refractivity (Wildman–Crippen MR) is 91.7 cm³/mol. The van der Waals surface area contributed by atoms with Crippen molar-refractivity contribution in [3.8, 4) is 0 Å². The van der Waals surface area contributed by atoms with Crippen LogP contribution in [0.1, 0.15) is 34.6 Å². The third-order valence-electron chi connectivity index (χ3n) is 3.78. The van der Waals surface area contributed by atoms with Crippen molar-refractivity contribution in [3.63, 3.8) is 0 Å². The first-order valence-corrected chi connectivity index (χ1v) is 7.79. The molecular formula is C18H17ClN2O2. The van der Waals surface area contributed by atoms with Crippen molar-refractivity contribution in [2.24, 2.45) is 5.73 Å². The summed E-state index contributed by atoms with van der Waals surface area (Å²) >= 11 is 6.27. The molecule has 0 aliphatic carbocycles. The summed E-state index contributed by atoms with van der Waals surface area (Å²) in [5, 5.41) is 1.46. The molecule has 0 fully saturated rings. The Labute approximate surface area is 139 Å². The minimum absolute atomic E-state index is 0.301. The van der Waals surface area contributed by atoms with Crippen molar-refractivity contribution in [1.29, 1.82) is 0 Å². The maximum Gasteiger partial charge on any atom is 0.355 e. The zero-order valence-corrected chi connectivity index (χ0v) is 13.4. The van der Waals surface area contributed by atoms with Gasteiger partial charge in [0, 0.05) is 21.5 Å². The van der Waals surface area contributed by atoms with Crippen LogP contribution in [0.2, 0.25) is 5.02 Å². The second kappa shape index (κ2) is 6.44. The third-order valence-corrected chi connectivity index (χ3v) is 4.12. The number of H-pyrrole nitrogens is 1. The molecule has 2 aromatic carbocycles. The van der Waals surface area contributed by atoms with Crippen molar-refractivity contribution in [2.45, 2.75) is 13.0 Å². The number of hydrogen-bond donors (Lipinski definition) is 2. The van der Waals surface area contributed by atoms with Crippen molar-refractivity contribution in [1.82, 2.24) is 4.98 Å². The first-order valence-electron chi connectivity index (χ1n) is 7.41. The molecule has 0 bridgehead atoms. The van der Waals surface area contributed by atoms with E-state index in [4.69, 9.17) is 22.1 Å². The van der Waals surface area contributed by atoms with Crippen LogP contribution < -0.4 is 5.73 Å². The number of esters is 1. The van der Waals surface area contributed by atoms with Gasteiger partial charge in [-0.3, -0.25) is 0 Å². The van der Waals surface area contributed by atoms with Crippen molar-refractivity contribution >= 4 is 28.5 Å². The number of aromatic nitrogens is 1. The topological polar surface area (TPSA) is 68.1 Å². The fourth-order valence-electron chi connectivity index (χ4n) is 2.73. The van der Waals surface area contributed by atoms with Crippen molar-refractivity contribution in [2.75, 3.05) is 6.61 Å². The van der Waals surface area contributed by atoms with E-state index in [9.17, 15) is 4.79 Å². The van der Waals surface area contributed by atoms with E-state index in [1.54, 1.807) is 13.0 Å². The van der Waals surface area contributed by atoms with Crippen molar-refractivity contribution in [3.05, 3.63) is 70.4 Å². The highest BCUT2D eigenvalue weighted by atomic mass is 35.5. The minimum Gasteiger partial charge on any atom is -0.461 e.